The van der Waals surface area contributed by atoms with E-state index in [0.717, 1.165) is 26.2 Å². The number of rotatable bonds is 8. The van der Waals surface area contributed by atoms with Gasteiger partial charge in [-0.1, -0.05) is 0 Å². The van der Waals surface area contributed by atoms with Crippen LogP contribution in [0.25, 0.3) is 0 Å². The van der Waals surface area contributed by atoms with Crippen molar-refractivity contribution in [1.29, 1.82) is 0 Å². The summed E-state index contributed by atoms with van der Waals surface area (Å²) in [5.74, 6) is 0. The Morgan fingerprint density at radius 2 is 2.07 bits per heavy atom. The first-order valence-corrected chi connectivity index (χ1v) is 5.90. The molecule has 0 bridgehead atoms. The Labute approximate surface area is 87.6 Å². The summed E-state index contributed by atoms with van der Waals surface area (Å²) in [6.45, 7) is 4.37. The highest BCUT2D eigenvalue weighted by molar-refractivity contribution is 4.65. The van der Waals surface area contributed by atoms with E-state index in [1.807, 2.05) is 7.05 Å². The second-order valence-corrected chi connectivity index (χ2v) is 3.98. The van der Waals surface area contributed by atoms with E-state index >= 15 is 0 Å². The van der Waals surface area contributed by atoms with Gasteiger partial charge in [-0.05, 0) is 58.8 Å². The SMILES string of the molecule is CNCCCNCCCC1CCCO1. The molecule has 1 unspecified atom stereocenters. The van der Waals surface area contributed by atoms with Crippen LogP contribution in [0.3, 0.4) is 0 Å². The van der Waals surface area contributed by atoms with Crippen molar-refractivity contribution < 1.29 is 4.74 Å². The third kappa shape index (κ3) is 5.58. The molecule has 0 radical (unpaired) electrons. The first kappa shape index (κ1) is 12.0. The minimum absolute atomic E-state index is 0.564. The Bertz CT molecular complexity index is 124. The van der Waals surface area contributed by atoms with Gasteiger partial charge in [-0.3, -0.25) is 0 Å². The van der Waals surface area contributed by atoms with Gasteiger partial charge in [-0.2, -0.15) is 0 Å². The highest BCUT2D eigenvalue weighted by atomic mass is 16.5. The maximum absolute atomic E-state index is 5.56. The summed E-state index contributed by atoms with van der Waals surface area (Å²) in [6, 6.07) is 0. The molecule has 0 aliphatic carbocycles. The van der Waals surface area contributed by atoms with Crippen LogP contribution in [0.5, 0.6) is 0 Å². The maximum Gasteiger partial charge on any atom is 0.0576 e. The zero-order chi connectivity index (χ0) is 10.1. The van der Waals surface area contributed by atoms with Gasteiger partial charge in [-0.15, -0.1) is 0 Å². The lowest BCUT2D eigenvalue weighted by molar-refractivity contribution is 0.102. The topological polar surface area (TPSA) is 33.3 Å². The van der Waals surface area contributed by atoms with E-state index < -0.39 is 0 Å². The minimum Gasteiger partial charge on any atom is -0.378 e. The van der Waals surface area contributed by atoms with Crippen molar-refractivity contribution in [3.05, 3.63) is 0 Å². The molecule has 3 heteroatoms. The fourth-order valence-electron chi connectivity index (χ4n) is 1.84. The molecule has 2 N–H and O–H groups in total. The van der Waals surface area contributed by atoms with Crippen molar-refractivity contribution in [2.24, 2.45) is 0 Å². The average molecular weight is 200 g/mol. The van der Waals surface area contributed by atoms with Gasteiger partial charge >= 0.3 is 0 Å². The average Bonchev–Trinajstić information content (AvgIpc) is 2.69. The van der Waals surface area contributed by atoms with Gasteiger partial charge in [0.05, 0.1) is 6.10 Å². The monoisotopic (exact) mass is 200 g/mol. The molecule has 1 rings (SSSR count). The van der Waals surface area contributed by atoms with Crippen LogP contribution < -0.4 is 10.6 Å². The largest absolute Gasteiger partial charge is 0.378 e. The van der Waals surface area contributed by atoms with E-state index in [2.05, 4.69) is 10.6 Å². The maximum atomic E-state index is 5.56. The Morgan fingerprint density at radius 3 is 2.79 bits per heavy atom. The Hall–Kier alpha value is -0.120. The first-order valence-electron chi connectivity index (χ1n) is 5.90. The Kier molecular flexibility index (Phi) is 7.01. The van der Waals surface area contributed by atoms with Crippen LogP contribution in [0.2, 0.25) is 0 Å². The molecular formula is C11H24N2O. The van der Waals surface area contributed by atoms with Gasteiger partial charge in [0, 0.05) is 6.61 Å². The van der Waals surface area contributed by atoms with E-state index in [9.17, 15) is 0 Å². The number of nitrogens with one attached hydrogen (secondary N) is 2. The number of ether oxygens (including phenoxy) is 1. The normalized spacial score (nSPS) is 21.6. The second-order valence-electron chi connectivity index (χ2n) is 3.98. The van der Waals surface area contributed by atoms with E-state index in [1.165, 1.54) is 32.1 Å². The van der Waals surface area contributed by atoms with E-state index in [4.69, 9.17) is 4.74 Å². The van der Waals surface area contributed by atoms with E-state index in [0.29, 0.717) is 6.10 Å². The van der Waals surface area contributed by atoms with Crippen molar-refractivity contribution in [2.75, 3.05) is 33.3 Å². The molecule has 84 valence electrons. The summed E-state index contributed by atoms with van der Waals surface area (Å²) < 4.78 is 5.56. The molecular weight excluding hydrogens is 176 g/mol. The Balaban J connectivity index is 1.75. The molecule has 1 saturated heterocycles. The molecule has 0 aromatic rings. The molecule has 3 nitrogen and oxygen atoms in total. The number of hydrogen-bond acceptors (Lipinski definition) is 3. The summed E-state index contributed by atoms with van der Waals surface area (Å²) in [5, 5.41) is 6.59. The van der Waals surface area contributed by atoms with Gasteiger partial charge in [0.25, 0.3) is 0 Å². The predicted molar refractivity (Wildman–Crippen MR) is 59.6 cm³/mol. The summed E-state index contributed by atoms with van der Waals surface area (Å²) in [4.78, 5) is 0. The van der Waals surface area contributed by atoms with Gasteiger partial charge in [0.1, 0.15) is 0 Å². The molecule has 0 aromatic carbocycles. The van der Waals surface area contributed by atoms with Gasteiger partial charge in [0.2, 0.25) is 0 Å². The molecule has 0 aromatic heterocycles. The van der Waals surface area contributed by atoms with Crippen molar-refractivity contribution in [1.82, 2.24) is 10.6 Å². The minimum atomic E-state index is 0.564. The van der Waals surface area contributed by atoms with Crippen LogP contribution in [0.4, 0.5) is 0 Å². The van der Waals surface area contributed by atoms with Crippen LogP contribution in [0.15, 0.2) is 0 Å². The summed E-state index contributed by atoms with van der Waals surface area (Å²) in [6.07, 6.45) is 6.81. The van der Waals surface area contributed by atoms with E-state index in [1.54, 1.807) is 0 Å². The summed E-state index contributed by atoms with van der Waals surface area (Å²) >= 11 is 0. The lowest BCUT2D eigenvalue weighted by Crippen LogP contribution is -2.21. The van der Waals surface area contributed by atoms with Gasteiger partial charge in [0.15, 0.2) is 0 Å². The van der Waals surface area contributed by atoms with Crippen LogP contribution in [0, 0.1) is 0 Å². The van der Waals surface area contributed by atoms with Crippen molar-refractivity contribution >= 4 is 0 Å². The zero-order valence-corrected chi connectivity index (χ0v) is 9.35. The van der Waals surface area contributed by atoms with Gasteiger partial charge < -0.3 is 15.4 Å². The highest BCUT2D eigenvalue weighted by Crippen LogP contribution is 2.16. The molecule has 1 aliphatic heterocycles. The fraction of sp³-hybridized carbons (Fsp3) is 1.00. The number of hydrogen-bond donors (Lipinski definition) is 2. The smallest absolute Gasteiger partial charge is 0.0576 e. The summed E-state index contributed by atoms with van der Waals surface area (Å²) in [7, 11) is 2.00. The lowest BCUT2D eigenvalue weighted by Gasteiger charge is -2.09. The first-order chi connectivity index (χ1) is 6.93. The molecule has 14 heavy (non-hydrogen) atoms. The van der Waals surface area contributed by atoms with Crippen LogP contribution in [-0.2, 0) is 4.74 Å². The van der Waals surface area contributed by atoms with Crippen LogP contribution >= 0.6 is 0 Å². The van der Waals surface area contributed by atoms with Crippen LogP contribution in [0.1, 0.15) is 32.1 Å². The fourth-order valence-corrected chi connectivity index (χ4v) is 1.84. The molecule has 0 saturated carbocycles. The van der Waals surface area contributed by atoms with E-state index in [-0.39, 0.29) is 0 Å². The zero-order valence-electron chi connectivity index (χ0n) is 9.35. The third-order valence-electron chi connectivity index (χ3n) is 2.68. The van der Waals surface area contributed by atoms with Crippen molar-refractivity contribution in [3.8, 4) is 0 Å². The summed E-state index contributed by atoms with van der Waals surface area (Å²) in [5.41, 5.74) is 0. The molecule has 1 atom stereocenters. The Morgan fingerprint density at radius 1 is 1.21 bits per heavy atom. The second kappa shape index (κ2) is 8.21. The predicted octanol–water partition coefficient (Wildman–Crippen LogP) is 1.14. The quantitative estimate of drug-likeness (QED) is 0.577. The molecule has 0 spiro atoms. The third-order valence-corrected chi connectivity index (χ3v) is 2.68. The van der Waals surface area contributed by atoms with Crippen molar-refractivity contribution in [3.63, 3.8) is 0 Å². The molecule has 1 aliphatic rings. The highest BCUT2D eigenvalue weighted by Gasteiger charge is 2.13. The standard InChI is InChI=1S/C11H24N2O/c1-12-7-4-9-13-8-2-5-11-6-3-10-14-11/h11-13H,2-10H2,1H3. The molecule has 1 heterocycles. The molecule has 0 amide bonds. The van der Waals surface area contributed by atoms with Crippen LogP contribution in [-0.4, -0.2) is 39.4 Å². The van der Waals surface area contributed by atoms with Crippen molar-refractivity contribution in [2.45, 2.75) is 38.2 Å². The molecule has 1 fully saturated rings. The lowest BCUT2D eigenvalue weighted by atomic mass is 10.1. The van der Waals surface area contributed by atoms with Gasteiger partial charge in [-0.25, -0.2) is 0 Å².